The maximum atomic E-state index is 14.0. The summed E-state index contributed by atoms with van der Waals surface area (Å²) in [5, 5.41) is 2.81. The molecule has 1 aromatic heterocycles. The van der Waals surface area contributed by atoms with Crippen molar-refractivity contribution in [2.24, 2.45) is 0 Å². The van der Waals surface area contributed by atoms with E-state index in [4.69, 9.17) is 4.74 Å². The van der Waals surface area contributed by atoms with Crippen molar-refractivity contribution in [1.82, 2.24) is 10.4 Å². The molecule has 1 heterocycles. The number of nitrogens with one attached hydrogen (secondary N) is 1. The van der Waals surface area contributed by atoms with Gasteiger partial charge in [0.15, 0.2) is 6.61 Å². The molecule has 0 radical (unpaired) electrons. The standard InChI is InChI=1S/C23H20F4N2O4S/c1-14(2)29(28-22(31)20-8-5-11-34-20)21(30)13-32-18-10-9-15(24)12-17(18)16-6-3-4-7-19(16)33-23(25,26)27/h3-12,14H,13H2,1-2H3,(H,28,31). The van der Waals surface area contributed by atoms with E-state index >= 15 is 0 Å². The Labute approximate surface area is 196 Å². The van der Waals surface area contributed by atoms with Crippen molar-refractivity contribution >= 4 is 23.2 Å². The Bertz CT molecular complexity index is 1150. The molecular weight excluding hydrogens is 476 g/mol. The lowest BCUT2D eigenvalue weighted by molar-refractivity contribution is -0.274. The van der Waals surface area contributed by atoms with Gasteiger partial charge in [-0.1, -0.05) is 24.3 Å². The highest BCUT2D eigenvalue weighted by atomic mass is 32.1. The van der Waals surface area contributed by atoms with Gasteiger partial charge in [0.1, 0.15) is 17.3 Å². The van der Waals surface area contributed by atoms with Crippen LogP contribution < -0.4 is 14.9 Å². The Kier molecular flexibility index (Phi) is 7.77. The number of carbonyl (C=O) groups is 2. The van der Waals surface area contributed by atoms with Crippen LogP contribution in [0.5, 0.6) is 11.5 Å². The zero-order valence-corrected chi connectivity index (χ0v) is 18.9. The molecule has 2 amide bonds. The van der Waals surface area contributed by atoms with E-state index < -0.39 is 42.4 Å². The Morgan fingerprint density at radius 3 is 2.41 bits per heavy atom. The second-order valence-corrected chi connectivity index (χ2v) is 8.20. The Balaban J connectivity index is 1.82. The summed E-state index contributed by atoms with van der Waals surface area (Å²) < 4.78 is 62.1. The molecule has 3 rings (SSSR count). The number of rotatable bonds is 7. The van der Waals surface area contributed by atoms with Crippen LogP contribution in [-0.4, -0.2) is 35.8 Å². The quantitative estimate of drug-likeness (QED) is 0.351. The summed E-state index contributed by atoms with van der Waals surface area (Å²) >= 11 is 1.20. The molecule has 0 fully saturated rings. The van der Waals surface area contributed by atoms with Gasteiger partial charge in [-0.05, 0) is 49.6 Å². The molecule has 11 heteroatoms. The molecule has 3 aromatic rings. The largest absolute Gasteiger partial charge is 0.573 e. The van der Waals surface area contributed by atoms with Gasteiger partial charge in [0.05, 0.1) is 4.88 Å². The number of hydrogen-bond donors (Lipinski definition) is 1. The first-order valence-electron chi connectivity index (χ1n) is 9.99. The van der Waals surface area contributed by atoms with Gasteiger partial charge in [-0.25, -0.2) is 9.40 Å². The molecule has 0 unspecified atom stereocenters. The molecule has 34 heavy (non-hydrogen) atoms. The number of alkyl halides is 3. The molecule has 180 valence electrons. The van der Waals surface area contributed by atoms with Crippen molar-refractivity contribution in [3.8, 4) is 22.6 Å². The Hall–Kier alpha value is -3.60. The molecule has 6 nitrogen and oxygen atoms in total. The second-order valence-electron chi connectivity index (χ2n) is 7.25. The SMILES string of the molecule is CC(C)N(NC(=O)c1cccs1)C(=O)COc1ccc(F)cc1-c1ccccc1OC(F)(F)F. The molecule has 0 spiro atoms. The van der Waals surface area contributed by atoms with E-state index in [2.05, 4.69) is 10.2 Å². The monoisotopic (exact) mass is 496 g/mol. The van der Waals surface area contributed by atoms with Gasteiger partial charge in [0.2, 0.25) is 0 Å². The minimum absolute atomic E-state index is 0.0358. The lowest BCUT2D eigenvalue weighted by Gasteiger charge is -2.27. The van der Waals surface area contributed by atoms with Crippen LogP contribution >= 0.6 is 11.3 Å². The molecule has 0 atom stereocenters. The van der Waals surface area contributed by atoms with Gasteiger partial charge < -0.3 is 9.47 Å². The van der Waals surface area contributed by atoms with Crippen LogP contribution in [0.4, 0.5) is 17.6 Å². The number of hydrogen-bond acceptors (Lipinski definition) is 5. The van der Waals surface area contributed by atoms with Crippen molar-refractivity contribution in [2.45, 2.75) is 26.3 Å². The summed E-state index contributed by atoms with van der Waals surface area (Å²) in [4.78, 5) is 25.5. The first-order valence-corrected chi connectivity index (χ1v) is 10.9. The fourth-order valence-corrected chi connectivity index (χ4v) is 3.62. The first-order chi connectivity index (χ1) is 16.0. The number of thiophene rings is 1. The normalized spacial score (nSPS) is 11.3. The van der Waals surface area contributed by atoms with E-state index in [0.717, 1.165) is 23.2 Å². The third-order valence-corrected chi connectivity index (χ3v) is 5.32. The van der Waals surface area contributed by atoms with Crippen molar-refractivity contribution in [1.29, 1.82) is 0 Å². The number of halogens is 4. The molecule has 0 bridgehead atoms. The van der Waals surface area contributed by atoms with Crippen LogP contribution in [0.25, 0.3) is 11.1 Å². The van der Waals surface area contributed by atoms with E-state index in [1.165, 1.54) is 35.6 Å². The van der Waals surface area contributed by atoms with Gasteiger partial charge >= 0.3 is 6.36 Å². The van der Waals surface area contributed by atoms with E-state index in [1.807, 2.05) is 0 Å². The predicted molar refractivity (Wildman–Crippen MR) is 118 cm³/mol. The fourth-order valence-electron chi connectivity index (χ4n) is 3.00. The maximum absolute atomic E-state index is 14.0. The number of hydrazine groups is 1. The van der Waals surface area contributed by atoms with Gasteiger partial charge in [0, 0.05) is 17.2 Å². The lowest BCUT2D eigenvalue weighted by Crippen LogP contribution is -2.51. The van der Waals surface area contributed by atoms with E-state index in [0.29, 0.717) is 4.88 Å². The van der Waals surface area contributed by atoms with Crippen molar-refractivity contribution in [3.05, 3.63) is 70.7 Å². The van der Waals surface area contributed by atoms with Gasteiger partial charge in [-0.3, -0.25) is 15.0 Å². The number of amides is 2. The number of ether oxygens (including phenoxy) is 2. The third kappa shape index (κ3) is 6.47. The van der Waals surface area contributed by atoms with Crippen LogP contribution in [0.3, 0.4) is 0 Å². The fraction of sp³-hybridized carbons (Fsp3) is 0.217. The highest BCUT2D eigenvalue weighted by Gasteiger charge is 2.32. The summed E-state index contributed by atoms with van der Waals surface area (Å²) in [5.41, 5.74) is 2.40. The number of carbonyl (C=O) groups excluding carboxylic acids is 2. The second kappa shape index (κ2) is 10.6. The topological polar surface area (TPSA) is 67.9 Å². The average molecular weight is 496 g/mol. The molecule has 0 saturated heterocycles. The smallest absolute Gasteiger partial charge is 0.483 e. The van der Waals surface area contributed by atoms with E-state index in [-0.39, 0.29) is 16.9 Å². The third-order valence-electron chi connectivity index (χ3n) is 4.45. The Morgan fingerprint density at radius 1 is 1.03 bits per heavy atom. The molecule has 2 aromatic carbocycles. The Morgan fingerprint density at radius 2 is 1.76 bits per heavy atom. The van der Waals surface area contributed by atoms with E-state index in [9.17, 15) is 27.2 Å². The van der Waals surface area contributed by atoms with Crippen molar-refractivity contribution in [2.75, 3.05) is 6.61 Å². The molecule has 0 saturated carbocycles. The number of nitrogens with zero attached hydrogens (tertiary/aromatic N) is 1. The molecule has 0 aliphatic rings. The summed E-state index contributed by atoms with van der Waals surface area (Å²) in [6, 6.07) is 11.3. The van der Waals surface area contributed by atoms with Gasteiger partial charge in [-0.15, -0.1) is 24.5 Å². The minimum atomic E-state index is -4.96. The highest BCUT2D eigenvalue weighted by molar-refractivity contribution is 7.12. The maximum Gasteiger partial charge on any atom is 0.573 e. The summed E-state index contributed by atoms with van der Waals surface area (Å²) in [7, 11) is 0. The van der Waals surface area contributed by atoms with E-state index in [1.54, 1.807) is 31.4 Å². The summed E-state index contributed by atoms with van der Waals surface area (Å²) in [5.74, 6) is -2.40. The summed E-state index contributed by atoms with van der Waals surface area (Å²) in [6.45, 7) is 2.80. The first kappa shape index (κ1) is 25.0. The molecular formula is C23H20F4N2O4S. The number of para-hydroxylation sites is 1. The highest BCUT2D eigenvalue weighted by Crippen LogP contribution is 2.39. The average Bonchev–Trinajstić information content (AvgIpc) is 3.30. The molecule has 1 N–H and O–H groups in total. The zero-order chi connectivity index (χ0) is 24.9. The van der Waals surface area contributed by atoms with Crippen molar-refractivity contribution < 1.29 is 36.6 Å². The van der Waals surface area contributed by atoms with Crippen molar-refractivity contribution in [3.63, 3.8) is 0 Å². The zero-order valence-electron chi connectivity index (χ0n) is 18.1. The van der Waals surface area contributed by atoms with Gasteiger partial charge in [0.25, 0.3) is 11.8 Å². The van der Waals surface area contributed by atoms with Crippen LogP contribution in [0.1, 0.15) is 23.5 Å². The van der Waals surface area contributed by atoms with Crippen LogP contribution in [0.15, 0.2) is 60.0 Å². The summed E-state index contributed by atoms with van der Waals surface area (Å²) in [6.07, 6.45) is -4.96. The van der Waals surface area contributed by atoms with Crippen LogP contribution in [0.2, 0.25) is 0 Å². The molecule has 0 aliphatic carbocycles. The van der Waals surface area contributed by atoms with Crippen LogP contribution in [0, 0.1) is 5.82 Å². The minimum Gasteiger partial charge on any atom is -0.483 e. The lowest BCUT2D eigenvalue weighted by atomic mass is 10.0. The number of benzene rings is 2. The molecule has 0 aliphatic heterocycles. The van der Waals surface area contributed by atoms with Gasteiger partial charge in [-0.2, -0.15) is 0 Å². The predicted octanol–water partition coefficient (Wildman–Crippen LogP) is 5.41. The van der Waals surface area contributed by atoms with Crippen LogP contribution in [-0.2, 0) is 4.79 Å².